The Labute approximate surface area is 87.7 Å². The van der Waals surface area contributed by atoms with Crippen LogP contribution in [0.2, 0.25) is 0 Å². The van der Waals surface area contributed by atoms with Crippen molar-refractivity contribution in [3.63, 3.8) is 0 Å². The monoisotopic (exact) mass is 194 g/mol. The molecule has 2 nitrogen and oxygen atoms in total. The Morgan fingerprint density at radius 1 is 1.50 bits per heavy atom. The molecule has 0 aliphatic heterocycles. The summed E-state index contributed by atoms with van der Waals surface area (Å²) in [5, 5.41) is 12.8. The molecule has 0 aromatic rings. The average Bonchev–Trinajstić information content (AvgIpc) is 2.33. The molecule has 0 spiro atoms. The van der Waals surface area contributed by atoms with Crippen molar-refractivity contribution in [2.75, 3.05) is 6.54 Å². The summed E-state index contributed by atoms with van der Waals surface area (Å²) in [5.41, 5.74) is 0.0510. The number of nitrogens with one attached hydrogen (secondary N) is 1. The maximum Gasteiger partial charge on any atom is 0.109 e. The van der Waals surface area contributed by atoms with E-state index in [0.717, 1.165) is 25.8 Å². The third-order valence-corrected chi connectivity index (χ3v) is 3.35. The van der Waals surface area contributed by atoms with Gasteiger partial charge in [-0.15, -0.1) is 0 Å². The van der Waals surface area contributed by atoms with Crippen molar-refractivity contribution >= 4 is 0 Å². The lowest BCUT2D eigenvalue weighted by atomic mass is 9.87. The second-order valence-electron chi connectivity index (χ2n) is 5.46. The first-order chi connectivity index (χ1) is 6.46. The molecular formula is C12H22N2. The molecule has 0 aromatic heterocycles. The molecule has 0 amide bonds. The zero-order valence-corrected chi connectivity index (χ0v) is 9.85. The van der Waals surface area contributed by atoms with Crippen LogP contribution in [0.3, 0.4) is 0 Å². The molecule has 1 aliphatic rings. The van der Waals surface area contributed by atoms with Crippen LogP contribution in [-0.2, 0) is 0 Å². The highest BCUT2D eigenvalue weighted by molar-refractivity contribution is 5.16. The lowest BCUT2D eigenvalue weighted by Gasteiger charge is -2.28. The van der Waals surface area contributed by atoms with Gasteiger partial charge in [0.05, 0.1) is 6.07 Å². The van der Waals surface area contributed by atoms with Gasteiger partial charge in [0.15, 0.2) is 0 Å². The number of hydrogen-bond acceptors (Lipinski definition) is 2. The standard InChI is InChI=1S/C12H22N2/c1-5-6-14-12(9-13)8-11(3,4)7-10(12)2/h10,14H,5-8H2,1-4H3. The van der Waals surface area contributed by atoms with Gasteiger partial charge in [-0.3, -0.25) is 5.32 Å². The third-order valence-electron chi connectivity index (χ3n) is 3.35. The van der Waals surface area contributed by atoms with Crippen LogP contribution in [0.4, 0.5) is 0 Å². The molecule has 0 heterocycles. The summed E-state index contributed by atoms with van der Waals surface area (Å²) in [6.07, 6.45) is 3.23. The van der Waals surface area contributed by atoms with E-state index in [4.69, 9.17) is 0 Å². The highest BCUT2D eigenvalue weighted by Crippen LogP contribution is 2.47. The van der Waals surface area contributed by atoms with E-state index in [2.05, 4.69) is 39.1 Å². The number of hydrogen-bond donors (Lipinski definition) is 1. The Balaban J connectivity index is 2.76. The van der Waals surface area contributed by atoms with Crippen LogP contribution in [0.25, 0.3) is 0 Å². The highest BCUT2D eigenvalue weighted by Gasteiger charge is 2.48. The maximum absolute atomic E-state index is 9.33. The molecule has 0 radical (unpaired) electrons. The normalized spacial score (nSPS) is 35.5. The van der Waals surface area contributed by atoms with Gasteiger partial charge in [-0.05, 0) is 37.1 Å². The molecule has 1 fully saturated rings. The SMILES string of the molecule is CCCNC1(C#N)CC(C)(C)CC1C. The predicted octanol–water partition coefficient (Wildman–Crippen LogP) is 2.70. The second-order valence-corrected chi connectivity index (χ2v) is 5.46. The van der Waals surface area contributed by atoms with Crippen molar-refractivity contribution in [1.82, 2.24) is 5.32 Å². The Morgan fingerprint density at radius 3 is 2.50 bits per heavy atom. The molecule has 14 heavy (non-hydrogen) atoms. The van der Waals surface area contributed by atoms with Crippen molar-refractivity contribution in [3.05, 3.63) is 0 Å². The van der Waals surface area contributed by atoms with E-state index in [1.807, 2.05) is 0 Å². The molecule has 0 bridgehead atoms. The Hall–Kier alpha value is -0.550. The summed E-state index contributed by atoms with van der Waals surface area (Å²) in [6.45, 7) is 9.81. The zero-order chi connectivity index (χ0) is 10.8. The van der Waals surface area contributed by atoms with Gasteiger partial charge in [-0.2, -0.15) is 5.26 Å². The minimum Gasteiger partial charge on any atom is -0.299 e. The highest BCUT2D eigenvalue weighted by atomic mass is 15.0. The van der Waals surface area contributed by atoms with E-state index in [1.54, 1.807) is 0 Å². The van der Waals surface area contributed by atoms with Gasteiger partial charge in [0.2, 0.25) is 0 Å². The fourth-order valence-corrected chi connectivity index (χ4v) is 2.78. The summed E-state index contributed by atoms with van der Waals surface area (Å²) in [4.78, 5) is 0. The van der Waals surface area contributed by atoms with Crippen molar-refractivity contribution in [1.29, 1.82) is 5.26 Å². The predicted molar refractivity (Wildman–Crippen MR) is 58.8 cm³/mol. The van der Waals surface area contributed by atoms with Crippen LogP contribution in [0, 0.1) is 22.7 Å². The summed E-state index contributed by atoms with van der Waals surface area (Å²) in [7, 11) is 0. The van der Waals surface area contributed by atoms with Gasteiger partial charge in [0.1, 0.15) is 5.54 Å². The van der Waals surface area contributed by atoms with E-state index in [0.29, 0.717) is 11.3 Å². The molecule has 1 N–H and O–H groups in total. The third kappa shape index (κ3) is 2.09. The Morgan fingerprint density at radius 2 is 2.14 bits per heavy atom. The minimum absolute atomic E-state index is 0.264. The van der Waals surface area contributed by atoms with Crippen molar-refractivity contribution < 1.29 is 0 Å². The maximum atomic E-state index is 9.33. The van der Waals surface area contributed by atoms with E-state index in [-0.39, 0.29) is 5.54 Å². The smallest absolute Gasteiger partial charge is 0.109 e. The fourth-order valence-electron chi connectivity index (χ4n) is 2.78. The van der Waals surface area contributed by atoms with Gasteiger partial charge >= 0.3 is 0 Å². The van der Waals surface area contributed by atoms with Crippen LogP contribution in [0.5, 0.6) is 0 Å². The van der Waals surface area contributed by atoms with Crippen molar-refractivity contribution in [2.45, 2.75) is 52.5 Å². The van der Waals surface area contributed by atoms with Gasteiger partial charge in [-0.1, -0.05) is 27.7 Å². The lowest BCUT2D eigenvalue weighted by molar-refractivity contribution is 0.322. The van der Waals surface area contributed by atoms with E-state index in [1.165, 1.54) is 0 Å². The quantitative estimate of drug-likeness (QED) is 0.750. The summed E-state index contributed by atoms with van der Waals surface area (Å²) >= 11 is 0. The van der Waals surface area contributed by atoms with E-state index >= 15 is 0 Å². The van der Waals surface area contributed by atoms with Gasteiger partial charge < -0.3 is 0 Å². The summed E-state index contributed by atoms with van der Waals surface area (Å²) < 4.78 is 0. The average molecular weight is 194 g/mol. The zero-order valence-electron chi connectivity index (χ0n) is 9.85. The molecule has 1 rings (SSSR count). The van der Waals surface area contributed by atoms with Crippen LogP contribution in [0.1, 0.15) is 47.0 Å². The molecule has 0 aromatic carbocycles. The molecule has 1 saturated carbocycles. The van der Waals surface area contributed by atoms with E-state index < -0.39 is 0 Å². The topological polar surface area (TPSA) is 35.8 Å². The van der Waals surface area contributed by atoms with Crippen molar-refractivity contribution in [3.8, 4) is 6.07 Å². The van der Waals surface area contributed by atoms with Gasteiger partial charge in [-0.25, -0.2) is 0 Å². The second kappa shape index (κ2) is 3.90. The van der Waals surface area contributed by atoms with Crippen LogP contribution >= 0.6 is 0 Å². The number of nitrogens with zero attached hydrogens (tertiary/aromatic N) is 1. The summed E-state index contributed by atoms with van der Waals surface area (Å²) in [5.74, 6) is 0.467. The Bertz CT molecular complexity index is 239. The molecule has 2 atom stereocenters. The molecule has 2 unspecified atom stereocenters. The fraction of sp³-hybridized carbons (Fsp3) is 0.917. The first-order valence-electron chi connectivity index (χ1n) is 5.62. The molecule has 2 heteroatoms. The molecular weight excluding hydrogens is 172 g/mol. The van der Waals surface area contributed by atoms with Crippen LogP contribution in [0.15, 0.2) is 0 Å². The lowest BCUT2D eigenvalue weighted by Crippen LogP contribution is -2.46. The first kappa shape index (κ1) is 11.5. The van der Waals surface area contributed by atoms with E-state index in [9.17, 15) is 5.26 Å². The first-order valence-corrected chi connectivity index (χ1v) is 5.62. The largest absolute Gasteiger partial charge is 0.299 e. The molecule has 1 aliphatic carbocycles. The number of nitriles is 1. The number of rotatable bonds is 3. The van der Waals surface area contributed by atoms with Crippen LogP contribution < -0.4 is 5.32 Å². The minimum atomic E-state index is -0.264. The molecule has 80 valence electrons. The van der Waals surface area contributed by atoms with Crippen LogP contribution in [-0.4, -0.2) is 12.1 Å². The van der Waals surface area contributed by atoms with Gasteiger partial charge in [0.25, 0.3) is 0 Å². The molecule has 0 saturated heterocycles. The Kier molecular flexibility index (Phi) is 3.21. The summed E-state index contributed by atoms with van der Waals surface area (Å²) in [6, 6.07) is 2.51. The van der Waals surface area contributed by atoms with Gasteiger partial charge in [0, 0.05) is 0 Å². The van der Waals surface area contributed by atoms with Crippen molar-refractivity contribution in [2.24, 2.45) is 11.3 Å².